The topological polar surface area (TPSA) is 94.5 Å². The molecule has 2 aromatic rings. The van der Waals surface area contributed by atoms with Crippen LogP contribution in [0.25, 0.3) is 0 Å². The van der Waals surface area contributed by atoms with Crippen LogP contribution in [-0.4, -0.2) is 74.0 Å². The Bertz CT molecular complexity index is 1560. The Morgan fingerprint density at radius 1 is 1.15 bits per heavy atom. The molecule has 0 radical (unpaired) electrons. The van der Waals surface area contributed by atoms with Crippen LogP contribution in [0.5, 0.6) is 5.75 Å². The van der Waals surface area contributed by atoms with E-state index < -0.39 is 15.6 Å². The molecule has 1 amide bonds. The number of amides is 1. The molecule has 47 heavy (non-hydrogen) atoms. The summed E-state index contributed by atoms with van der Waals surface area (Å²) in [5.41, 5.74) is 3.51. The normalized spacial score (nSPS) is 28.6. The first-order chi connectivity index (χ1) is 22.6. The molecule has 0 aromatic heterocycles. The second-order valence-corrected chi connectivity index (χ2v) is 16.6. The molecule has 0 N–H and O–H groups in total. The van der Waals surface area contributed by atoms with E-state index >= 15 is 0 Å². The molecule has 2 aromatic carbocycles. The zero-order valence-corrected chi connectivity index (χ0v) is 30.0. The van der Waals surface area contributed by atoms with E-state index in [1.807, 2.05) is 18.2 Å². The van der Waals surface area contributed by atoms with Gasteiger partial charge < -0.3 is 19.1 Å². The maximum atomic E-state index is 14.1. The molecule has 10 heteroatoms. The molecule has 3 aliphatic rings. The van der Waals surface area contributed by atoms with Crippen LogP contribution in [0.2, 0.25) is 5.02 Å². The van der Waals surface area contributed by atoms with Gasteiger partial charge in [0.2, 0.25) is 0 Å². The van der Waals surface area contributed by atoms with Gasteiger partial charge in [0.25, 0.3) is 5.91 Å². The number of ether oxygens (including phenoxy) is 3. The summed E-state index contributed by atoms with van der Waals surface area (Å²) < 4.78 is 36.2. The first kappa shape index (κ1) is 35.8. The summed E-state index contributed by atoms with van der Waals surface area (Å²) in [7, 11) is 0.224. The minimum atomic E-state index is -3.11. The Morgan fingerprint density at radius 2 is 1.98 bits per heavy atom. The molecule has 258 valence electrons. The molecular weight excluding hydrogens is 636 g/mol. The number of ketones is 1. The molecule has 0 unspecified atom stereocenters. The molecule has 8 nitrogen and oxygen atoms in total. The van der Waals surface area contributed by atoms with Gasteiger partial charge in [0.1, 0.15) is 11.5 Å². The maximum absolute atomic E-state index is 14.1. The summed E-state index contributed by atoms with van der Waals surface area (Å²) >= 11 is 6.45. The number of benzene rings is 2. The fourth-order valence-electron chi connectivity index (χ4n) is 7.84. The number of rotatable bonds is 7. The van der Waals surface area contributed by atoms with Crippen molar-refractivity contribution in [2.75, 3.05) is 56.9 Å². The fraction of sp³-hybridized carbons (Fsp3) is 0.622. The van der Waals surface area contributed by atoms with Gasteiger partial charge in [0, 0.05) is 55.5 Å². The van der Waals surface area contributed by atoms with E-state index in [4.69, 9.17) is 25.8 Å². The largest absolute Gasteiger partial charge is 0.490 e. The van der Waals surface area contributed by atoms with Gasteiger partial charge in [-0.05, 0) is 85.4 Å². The number of methoxy groups -OCH3 is 2. The van der Waals surface area contributed by atoms with Gasteiger partial charge in [-0.2, -0.15) is 4.36 Å². The summed E-state index contributed by atoms with van der Waals surface area (Å²) in [4.78, 5) is 28.9. The quantitative estimate of drug-likeness (QED) is 0.302. The Balaban J connectivity index is 1.59. The Hall–Kier alpha value is -2.46. The molecule has 2 heterocycles. The lowest BCUT2D eigenvalue weighted by molar-refractivity contribution is -0.117. The predicted molar refractivity (Wildman–Crippen MR) is 189 cm³/mol. The van der Waals surface area contributed by atoms with Crippen molar-refractivity contribution in [1.82, 2.24) is 0 Å². The van der Waals surface area contributed by atoms with Crippen molar-refractivity contribution in [1.29, 1.82) is 0 Å². The van der Waals surface area contributed by atoms with Crippen molar-refractivity contribution in [3.63, 3.8) is 0 Å². The number of hydrogen-bond donors (Lipinski definition) is 0. The lowest BCUT2D eigenvalue weighted by Gasteiger charge is -2.42. The molecule has 1 aliphatic carbocycles. The number of carbonyl (C=O) groups excluding carboxylic acids is 2. The second kappa shape index (κ2) is 15.8. The van der Waals surface area contributed by atoms with Crippen molar-refractivity contribution in [3.05, 3.63) is 58.1 Å². The van der Waals surface area contributed by atoms with Gasteiger partial charge >= 0.3 is 0 Å². The van der Waals surface area contributed by atoms with Crippen molar-refractivity contribution in [2.45, 2.75) is 83.2 Å². The second-order valence-electron chi connectivity index (χ2n) is 13.7. The van der Waals surface area contributed by atoms with E-state index in [1.54, 1.807) is 13.2 Å². The van der Waals surface area contributed by atoms with Gasteiger partial charge in [0.05, 0.1) is 40.5 Å². The van der Waals surface area contributed by atoms with Crippen molar-refractivity contribution < 1.29 is 28.0 Å². The standard InChI is InChI=1S/C37H51ClN2O6S/c1-5-27-22-40-24-37(17-9-10-28-20-30(38)13-14-32(28)37)25-46-35-15-12-29(21-33(35)40)36(42)39-47(43,23-31(41)16-18-44-3)19-8-6-7-11-34(45-4)26(27)2/h12-15,20-21,26-27,34H,5-11,16-19,22-25H2,1-4H3/t26-,27+,34+,37+,47-/m1/s1. The monoisotopic (exact) mass is 686 g/mol. The molecule has 0 saturated carbocycles. The Kier molecular flexibility index (Phi) is 12.1. The molecule has 0 saturated heterocycles. The van der Waals surface area contributed by atoms with Crippen LogP contribution in [0.15, 0.2) is 40.8 Å². The average molecular weight is 687 g/mol. The van der Waals surface area contributed by atoms with Gasteiger partial charge in [-0.1, -0.05) is 50.8 Å². The van der Waals surface area contributed by atoms with Crippen molar-refractivity contribution in [2.24, 2.45) is 16.2 Å². The fourth-order valence-corrected chi connectivity index (χ4v) is 10.0. The van der Waals surface area contributed by atoms with Crippen molar-refractivity contribution >= 4 is 38.7 Å². The summed E-state index contributed by atoms with van der Waals surface area (Å²) in [5.74, 6) is 0.551. The van der Waals surface area contributed by atoms with Crippen LogP contribution in [0.3, 0.4) is 0 Å². The molecule has 2 aliphatic heterocycles. The summed E-state index contributed by atoms with van der Waals surface area (Å²) in [6.45, 7) is 6.82. The highest BCUT2D eigenvalue weighted by atomic mass is 35.5. The highest BCUT2D eigenvalue weighted by Gasteiger charge is 2.42. The lowest BCUT2D eigenvalue weighted by atomic mass is 9.70. The van der Waals surface area contributed by atoms with Crippen molar-refractivity contribution in [3.8, 4) is 5.75 Å². The first-order valence-corrected chi connectivity index (χ1v) is 19.4. The number of nitrogens with zero attached hydrogens (tertiary/aromatic N) is 2. The summed E-state index contributed by atoms with van der Waals surface area (Å²) in [6, 6.07) is 11.7. The van der Waals surface area contributed by atoms with E-state index in [0.29, 0.717) is 30.4 Å². The number of hydrogen-bond acceptors (Lipinski definition) is 7. The smallest absolute Gasteiger partial charge is 0.285 e. The number of halogens is 1. The lowest BCUT2D eigenvalue weighted by Crippen LogP contribution is -2.47. The van der Waals surface area contributed by atoms with Crippen LogP contribution in [0.4, 0.5) is 5.69 Å². The third-order valence-electron chi connectivity index (χ3n) is 10.6. The molecular formula is C37H51ClN2O6S. The van der Waals surface area contributed by atoms with Gasteiger partial charge in [-0.3, -0.25) is 9.59 Å². The highest BCUT2D eigenvalue weighted by molar-refractivity contribution is 7.94. The minimum absolute atomic E-state index is 0.0830. The zero-order chi connectivity index (χ0) is 33.6. The van der Waals surface area contributed by atoms with Crippen LogP contribution in [-0.2, 0) is 35.8 Å². The van der Waals surface area contributed by atoms with E-state index in [1.165, 1.54) is 18.2 Å². The Labute approximate surface area is 286 Å². The number of aryl methyl sites for hydroxylation is 1. The summed E-state index contributed by atoms with van der Waals surface area (Å²) in [6.07, 6.45) is 7.47. The minimum Gasteiger partial charge on any atom is -0.490 e. The first-order valence-electron chi connectivity index (χ1n) is 17.2. The van der Waals surface area contributed by atoms with Crippen LogP contribution in [0, 0.1) is 11.8 Å². The predicted octanol–water partition coefficient (Wildman–Crippen LogP) is 7.28. The van der Waals surface area contributed by atoms with Gasteiger partial charge in [0.15, 0.2) is 0 Å². The van der Waals surface area contributed by atoms with Gasteiger partial charge in [-0.25, -0.2) is 4.21 Å². The SMILES string of the molecule is CC[C@H]1CN2C[C@@]3(CCCc4cc(Cl)ccc43)COc3ccc(cc32)C(=O)N=[S@](=O)(CC(=O)CCOC)CCCCC[C@H](OC)[C@@H]1C. The van der Waals surface area contributed by atoms with E-state index in [0.717, 1.165) is 74.5 Å². The molecule has 5 rings (SSSR count). The third kappa shape index (κ3) is 8.41. The van der Waals surface area contributed by atoms with Crippen LogP contribution >= 0.6 is 11.6 Å². The van der Waals surface area contributed by atoms with E-state index in [9.17, 15) is 13.8 Å². The van der Waals surface area contributed by atoms with Crippen LogP contribution in [0.1, 0.15) is 86.7 Å². The average Bonchev–Trinajstić information content (AvgIpc) is 3.20. The van der Waals surface area contributed by atoms with E-state index in [2.05, 4.69) is 35.2 Å². The molecule has 1 spiro atoms. The highest BCUT2D eigenvalue weighted by Crippen LogP contribution is 2.45. The van der Waals surface area contributed by atoms with E-state index in [-0.39, 0.29) is 41.8 Å². The Morgan fingerprint density at radius 3 is 2.74 bits per heavy atom. The molecule has 5 atom stereocenters. The number of anilines is 1. The number of Topliss-reactive ketones (excluding diaryl/α,β-unsaturated/α-hetero) is 1. The zero-order valence-electron chi connectivity index (χ0n) is 28.4. The van der Waals surface area contributed by atoms with Gasteiger partial charge in [-0.15, -0.1) is 0 Å². The number of carbonyl (C=O) groups is 2. The van der Waals surface area contributed by atoms with Crippen LogP contribution < -0.4 is 9.64 Å². The third-order valence-corrected chi connectivity index (χ3v) is 13.0. The molecule has 0 fully saturated rings. The molecule has 2 bridgehead atoms. The summed E-state index contributed by atoms with van der Waals surface area (Å²) in [5, 5.41) is 0.748. The number of fused-ring (bicyclic) bond motifs is 3. The maximum Gasteiger partial charge on any atom is 0.285 e.